The summed E-state index contributed by atoms with van der Waals surface area (Å²) in [4.78, 5) is 9.27. The van der Waals surface area contributed by atoms with E-state index in [1.54, 1.807) is 6.26 Å². The van der Waals surface area contributed by atoms with Crippen molar-refractivity contribution < 1.29 is 4.42 Å². The Hall–Kier alpha value is -2.35. The summed E-state index contributed by atoms with van der Waals surface area (Å²) in [5, 5.41) is 6.75. The van der Waals surface area contributed by atoms with Crippen LogP contribution in [0.3, 0.4) is 0 Å². The number of nitrogens with one attached hydrogen (secondary N) is 2. The number of aliphatic imine (C=N–C) groups is 1. The van der Waals surface area contributed by atoms with Crippen LogP contribution in [0, 0.1) is 6.92 Å². The first-order chi connectivity index (χ1) is 13.7. The highest BCUT2D eigenvalue weighted by atomic mass is 127. The van der Waals surface area contributed by atoms with E-state index in [9.17, 15) is 0 Å². The maximum Gasteiger partial charge on any atom is 0.226 e. The van der Waals surface area contributed by atoms with Crippen LogP contribution in [0.5, 0.6) is 0 Å². The quantitative estimate of drug-likeness (QED) is 0.266. The summed E-state index contributed by atoms with van der Waals surface area (Å²) in [6.07, 6.45) is 2.45. The second-order valence-electron chi connectivity index (χ2n) is 6.80. The molecule has 0 aliphatic heterocycles. The average Bonchev–Trinajstić information content (AvgIpc) is 3.18. The van der Waals surface area contributed by atoms with Gasteiger partial charge in [-0.2, -0.15) is 0 Å². The maximum atomic E-state index is 5.63. The SMILES string of the molecule is CCNC(=NCCc1coc(-c2ccc(C)cc2)n1)NC(C)c1ccccc1.I. The van der Waals surface area contributed by atoms with Gasteiger partial charge in [-0.1, -0.05) is 48.0 Å². The predicted molar refractivity (Wildman–Crippen MR) is 130 cm³/mol. The van der Waals surface area contributed by atoms with E-state index >= 15 is 0 Å². The summed E-state index contributed by atoms with van der Waals surface area (Å²) in [6, 6.07) is 18.7. The minimum atomic E-state index is 0. The number of halogens is 1. The molecule has 0 bridgehead atoms. The van der Waals surface area contributed by atoms with Crippen LogP contribution in [0.4, 0.5) is 0 Å². The van der Waals surface area contributed by atoms with Gasteiger partial charge in [0.25, 0.3) is 0 Å². The predicted octanol–water partition coefficient (Wildman–Crippen LogP) is 5.13. The minimum absolute atomic E-state index is 0. The van der Waals surface area contributed by atoms with Crippen molar-refractivity contribution in [3.05, 3.63) is 77.7 Å². The lowest BCUT2D eigenvalue weighted by atomic mass is 10.1. The fraction of sp³-hybridized carbons (Fsp3) is 0.304. The number of aryl methyl sites for hydroxylation is 1. The van der Waals surface area contributed by atoms with Gasteiger partial charge in [-0.05, 0) is 38.5 Å². The first-order valence-corrected chi connectivity index (χ1v) is 9.77. The Bertz CT molecular complexity index is 891. The Morgan fingerprint density at radius 1 is 1.10 bits per heavy atom. The lowest BCUT2D eigenvalue weighted by Crippen LogP contribution is -2.38. The van der Waals surface area contributed by atoms with Gasteiger partial charge in [0.2, 0.25) is 5.89 Å². The van der Waals surface area contributed by atoms with Crippen molar-refractivity contribution in [3.63, 3.8) is 0 Å². The van der Waals surface area contributed by atoms with Gasteiger partial charge in [-0.15, -0.1) is 24.0 Å². The van der Waals surface area contributed by atoms with Gasteiger partial charge >= 0.3 is 0 Å². The molecular weight excluding hydrogens is 475 g/mol. The van der Waals surface area contributed by atoms with Crippen LogP contribution in [0.2, 0.25) is 0 Å². The molecule has 1 atom stereocenters. The van der Waals surface area contributed by atoms with Crippen LogP contribution in [-0.4, -0.2) is 24.0 Å². The van der Waals surface area contributed by atoms with Gasteiger partial charge in [0.05, 0.1) is 11.7 Å². The number of hydrogen-bond donors (Lipinski definition) is 2. The van der Waals surface area contributed by atoms with Crippen molar-refractivity contribution >= 4 is 29.9 Å². The topological polar surface area (TPSA) is 62.5 Å². The molecule has 3 aromatic rings. The summed E-state index contributed by atoms with van der Waals surface area (Å²) in [6.45, 7) is 7.71. The van der Waals surface area contributed by atoms with Gasteiger partial charge in [0.1, 0.15) is 6.26 Å². The van der Waals surface area contributed by atoms with Gasteiger partial charge in [0, 0.05) is 25.1 Å². The summed E-state index contributed by atoms with van der Waals surface area (Å²) in [7, 11) is 0. The zero-order chi connectivity index (χ0) is 19.8. The average molecular weight is 504 g/mol. The first-order valence-electron chi connectivity index (χ1n) is 9.77. The van der Waals surface area contributed by atoms with Crippen molar-refractivity contribution in [2.24, 2.45) is 4.99 Å². The molecule has 0 saturated carbocycles. The molecule has 154 valence electrons. The molecule has 0 aliphatic rings. The van der Waals surface area contributed by atoms with Gasteiger partial charge in [0.15, 0.2) is 5.96 Å². The second kappa shape index (κ2) is 11.6. The molecule has 6 heteroatoms. The summed E-state index contributed by atoms with van der Waals surface area (Å²) in [5.74, 6) is 1.46. The Kier molecular flexibility index (Phi) is 9.18. The third-order valence-electron chi connectivity index (χ3n) is 4.49. The zero-order valence-corrected chi connectivity index (χ0v) is 19.5. The number of guanidine groups is 1. The summed E-state index contributed by atoms with van der Waals surface area (Å²) >= 11 is 0. The molecule has 0 fully saturated rings. The molecule has 0 spiro atoms. The zero-order valence-electron chi connectivity index (χ0n) is 17.2. The number of rotatable bonds is 7. The fourth-order valence-corrected chi connectivity index (χ4v) is 2.88. The normalized spacial score (nSPS) is 12.2. The number of aromatic nitrogens is 1. The van der Waals surface area contributed by atoms with Crippen molar-refractivity contribution in [1.82, 2.24) is 15.6 Å². The Morgan fingerprint density at radius 3 is 2.52 bits per heavy atom. The molecular formula is C23H29IN4O. The molecule has 29 heavy (non-hydrogen) atoms. The maximum absolute atomic E-state index is 5.63. The molecule has 0 amide bonds. The molecule has 5 nitrogen and oxygen atoms in total. The number of benzene rings is 2. The molecule has 0 radical (unpaired) electrons. The third-order valence-corrected chi connectivity index (χ3v) is 4.49. The van der Waals surface area contributed by atoms with Crippen molar-refractivity contribution in [1.29, 1.82) is 0 Å². The second-order valence-corrected chi connectivity index (χ2v) is 6.80. The highest BCUT2D eigenvalue weighted by molar-refractivity contribution is 14.0. The number of hydrogen-bond acceptors (Lipinski definition) is 3. The lowest BCUT2D eigenvalue weighted by Gasteiger charge is -2.18. The first kappa shape index (κ1) is 22.9. The van der Waals surface area contributed by atoms with Gasteiger partial charge < -0.3 is 15.1 Å². The van der Waals surface area contributed by atoms with E-state index in [0.717, 1.165) is 30.2 Å². The van der Waals surface area contributed by atoms with Gasteiger partial charge in [-0.3, -0.25) is 4.99 Å². The highest BCUT2D eigenvalue weighted by Gasteiger charge is 2.08. The molecule has 1 aromatic heterocycles. The number of oxazole rings is 1. The van der Waals surface area contributed by atoms with Crippen molar-refractivity contribution in [2.45, 2.75) is 33.2 Å². The van der Waals surface area contributed by atoms with E-state index in [1.807, 2.05) is 30.3 Å². The minimum Gasteiger partial charge on any atom is -0.444 e. The summed E-state index contributed by atoms with van der Waals surface area (Å²) in [5.41, 5.74) is 4.35. The van der Waals surface area contributed by atoms with Crippen LogP contribution in [-0.2, 0) is 6.42 Å². The van der Waals surface area contributed by atoms with Gasteiger partial charge in [-0.25, -0.2) is 4.98 Å². The van der Waals surface area contributed by atoms with E-state index in [4.69, 9.17) is 4.42 Å². The van der Waals surface area contributed by atoms with Crippen LogP contribution in [0.15, 0.2) is 70.3 Å². The number of nitrogens with zero attached hydrogens (tertiary/aromatic N) is 2. The van der Waals surface area contributed by atoms with E-state index in [1.165, 1.54) is 11.1 Å². The Balaban J connectivity index is 0.00000300. The van der Waals surface area contributed by atoms with Crippen LogP contribution in [0.25, 0.3) is 11.5 Å². The molecule has 0 saturated heterocycles. The molecule has 2 N–H and O–H groups in total. The van der Waals surface area contributed by atoms with Crippen LogP contribution < -0.4 is 10.6 Å². The fourth-order valence-electron chi connectivity index (χ4n) is 2.88. The van der Waals surface area contributed by atoms with Crippen molar-refractivity contribution in [2.75, 3.05) is 13.1 Å². The lowest BCUT2D eigenvalue weighted by molar-refractivity contribution is 0.572. The van der Waals surface area contributed by atoms with E-state index in [0.29, 0.717) is 12.4 Å². The van der Waals surface area contributed by atoms with E-state index in [2.05, 4.69) is 65.6 Å². The monoisotopic (exact) mass is 504 g/mol. The van der Waals surface area contributed by atoms with E-state index < -0.39 is 0 Å². The Labute approximate surface area is 190 Å². The molecule has 2 aromatic carbocycles. The third kappa shape index (κ3) is 6.88. The van der Waals surface area contributed by atoms with E-state index in [-0.39, 0.29) is 30.0 Å². The standard InChI is InChI=1S/C23H28N4O.HI/c1-4-24-23(26-18(3)19-8-6-5-7-9-19)25-15-14-21-16-28-22(27-21)20-12-10-17(2)11-13-20;/h5-13,16,18H,4,14-15H2,1-3H3,(H2,24,25,26);1H. The largest absolute Gasteiger partial charge is 0.444 e. The smallest absolute Gasteiger partial charge is 0.226 e. The molecule has 1 heterocycles. The summed E-state index contributed by atoms with van der Waals surface area (Å²) < 4.78 is 5.63. The highest BCUT2D eigenvalue weighted by Crippen LogP contribution is 2.19. The van der Waals surface area contributed by atoms with Crippen LogP contribution >= 0.6 is 24.0 Å². The van der Waals surface area contributed by atoms with Crippen LogP contribution in [0.1, 0.15) is 36.7 Å². The molecule has 1 unspecified atom stereocenters. The molecule has 0 aliphatic carbocycles. The van der Waals surface area contributed by atoms with Crippen molar-refractivity contribution in [3.8, 4) is 11.5 Å². The molecule has 3 rings (SSSR count). The Morgan fingerprint density at radius 2 is 1.83 bits per heavy atom.